The minimum Gasteiger partial charge on any atom is -0.441 e. The minimum absolute atomic E-state index is 0.0852. The number of aromatic nitrogens is 5. The maximum atomic E-state index is 14.0. The van der Waals surface area contributed by atoms with Gasteiger partial charge in [0, 0.05) is 24.3 Å². The Kier molecular flexibility index (Phi) is 6.21. The number of amides is 2. The Morgan fingerprint density at radius 2 is 1.97 bits per heavy atom. The molecular formula is C24H20ClF3N8O3. The van der Waals surface area contributed by atoms with Gasteiger partial charge in [-0.15, -0.1) is 5.10 Å². The Balaban J connectivity index is 1.37. The Morgan fingerprint density at radius 1 is 1.26 bits per heavy atom. The van der Waals surface area contributed by atoms with Crippen molar-refractivity contribution >= 4 is 29.4 Å². The van der Waals surface area contributed by atoms with Crippen LogP contribution < -0.4 is 10.6 Å². The molecule has 202 valence electrons. The first-order valence-corrected chi connectivity index (χ1v) is 12.0. The second-order valence-corrected chi connectivity index (χ2v) is 10.1. The zero-order chi connectivity index (χ0) is 28.2. The number of anilines is 1. The molecule has 6 rings (SSSR count). The monoisotopic (exact) mass is 560 g/mol. The van der Waals surface area contributed by atoms with Crippen molar-refractivity contribution in [1.29, 1.82) is 5.26 Å². The summed E-state index contributed by atoms with van der Waals surface area (Å²) < 4.78 is 48.4. The molecule has 15 heteroatoms. The molecule has 0 saturated heterocycles. The van der Waals surface area contributed by atoms with Gasteiger partial charge in [0.15, 0.2) is 17.2 Å². The molecule has 0 radical (unpaired) electrons. The van der Waals surface area contributed by atoms with E-state index in [1.807, 2.05) is 0 Å². The van der Waals surface area contributed by atoms with E-state index in [1.54, 1.807) is 19.1 Å². The van der Waals surface area contributed by atoms with Gasteiger partial charge in [0.1, 0.15) is 11.3 Å². The molecule has 39 heavy (non-hydrogen) atoms. The maximum Gasteiger partial charge on any atom is 0.434 e. The first-order valence-electron chi connectivity index (χ1n) is 11.7. The third kappa shape index (κ3) is 4.74. The zero-order valence-electron chi connectivity index (χ0n) is 20.5. The highest BCUT2D eigenvalue weighted by Gasteiger charge is 2.69. The number of pyridine rings is 2. The van der Waals surface area contributed by atoms with Crippen molar-refractivity contribution in [1.82, 2.24) is 30.3 Å². The number of nitriles is 1. The van der Waals surface area contributed by atoms with Crippen LogP contribution in [0.5, 0.6) is 0 Å². The molecule has 1 unspecified atom stereocenters. The molecule has 2 amide bonds. The number of carbonyl (C=O) groups is 2. The third-order valence-corrected chi connectivity index (χ3v) is 7.17. The molecule has 3 saturated carbocycles. The maximum absolute atomic E-state index is 14.0. The standard InChI is InChI=1S/C24H20ClF3N8O3/c1-12(13-4-3-7-30-18(13)25)39-21(38)32-19-16(34-35-36(19)2)15-6-5-14(17(31-15)24(26,27)28)20(37)33-23-8-22(9-23,10-23)11-29/h3-7,12H,8-10H2,1-2H3,(H,32,38)(H,33,37). The summed E-state index contributed by atoms with van der Waals surface area (Å²) in [4.78, 5) is 33.0. The number of carbonyl (C=O) groups excluding carboxylic acids is 2. The van der Waals surface area contributed by atoms with Crippen LogP contribution in [0.4, 0.5) is 23.8 Å². The molecule has 2 N–H and O–H groups in total. The smallest absolute Gasteiger partial charge is 0.434 e. The van der Waals surface area contributed by atoms with Crippen molar-refractivity contribution in [3.05, 3.63) is 52.4 Å². The number of halogens is 4. The summed E-state index contributed by atoms with van der Waals surface area (Å²) in [5, 5.41) is 22.0. The summed E-state index contributed by atoms with van der Waals surface area (Å²) in [6.07, 6.45) is -4.02. The van der Waals surface area contributed by atoms with Crippen LogP contribution in [0.1, 0.15) is 53.9 Å². The second kappa shape index (κ2) is 9.19. The summed E-state index contributed by atoms with van der Waals surface area (Å²) in [7, 11) is 1.41. The topological polar surface area (TPSA) is 148 Å². The number of ether oxygens (including phenoxy) is 1. The normalized spacial score (nSPS) is 22.1. The molecule has 3 aliphatic carbocycles. The summed E-state index contributed by atoms with van der Waals surface area (Å²) in [5.41, 5.74) is -3.23. The fourth-order valence-electron chi connectivity index (χ4n) is 5.06. The Hall–Kier alpha value is -4.25. The fourth-order valence-corrected chi connectivity index (χ4v) is 5.33. The molecule has 1 atom stereocenters. The van der Waals surface area contributed by atoms with E-state index in [4.69, 9.17) is 21.6 Å². The number of nitrogens with one attached hydrogen (secondary N) is 2. The van der Waals surface area contributed by atoms with Crippen molar-refractivity contribution in [2.75, 3.05) is 5.32 Å². The van der Waals surface area contributed by atoms with E-state index >= 15 is 0 Å². The van der Waals surface area contributed by atoms with Gasteiger partial charge in [0.25, 0.3) is 5.91 Å². The highest BCUT2D eigenvalue weighted by atomic mass is 35.5. The van der Waals surface area contributed by atoms with Gasteiger partial charge in [-0.25, -0.2) is 19.4 Å². The molecule has 3 fully saturated rings. The van der Waals surface area contributed by atoms with Crippen LogP contribution in [0.15, 0.2) is 30.5 Å². The highest BCUT2D eigenvalue weighted by Crippen LogP contribution is 2.66. The van der Waals surface area contributed by atoms with E-state index in [0.29, 0.717) is 24.8 Å². The predicted octanol–water partition coefficient (Wildman–Crippen LogP) is 4.43. The SMILES string of the molecule is CC(OC(=O)Nc1c(-c2ccc(C(=O)NC34CC(C#N)(C3)C4)c(C(F)(F)F)n2)nnn1C)c1cccnc1Cl. The van der Waals surface area contributed by atoms with E-state index in [2.05, 4.69) is 37.0 Å². The van der Waals surface area contributed by atoms with Crippen molar-refractivity contribution in [2.45, 2.75) is 44.0 Å². The van der Waals surface area contributed by atoms with Crippen LogP contribution >= 0.6 is 11.6 Å². The quantitative estimate of drug-likeness (QED) is 0.421. The number of hydrogen-bond acceptors (Lipinski definition) is 8. The van der Waals surface area contributed by atoms with Crippen LogP contribution in [-0.2, 0) is 18.0 Å². The zero-order valence-corrected chi connectivity index (χ0v) is 21.3. The number of hydrogen-bond donors (Lipinski definition) is 2. The molecule has 0 spiro atoms. The fraction of sp³-hybridized carbons (Fsp3) is 0.375. The van der Waals surface area contributed by atoms with E-state index in [-0.39, 0.29) is 22.4 Å². The number of alkyl halides is 3. The average Bonchev–Trinajstić information content (AvgIpc) is 3.19. The molecule has 0 aliphatic heterocycles. The Morgan fingerprint density at radius 3 is 2.62 bits per heavy atom. The van der Waals surface area contributed by atoms with Crippen LogP contribution in [0.25, 0.3) is 11.4 Å². The second-order valence-electron chi connectivity index (χ2n) is 9.71. The van der Waals surface area contributed by atoms with Gasteiger partial charge in [-0.3, -0.25) is 10.1 Å². The van der Waals surface area contributed by atoms with Gasteiger partial charge >= 0.3 is 12.3 Å². The van der Waals surface area contributed by atoms with E-state index < -0.39 is 46.5 Å². The van der Waals surface area contributed by atoms with Crippen molar-refractivity contribution in [3.63, 3.8) is 0 Å². The van der Waals surface area contributed by atoms with Gasteiger partial charge < -0.3 is 10.1 Å². The van der Waals surface area contributed by atoms with E-state index in [1.165, 1.54) is 19.3 Å². The van der Waals surface area contributed by atoms with Gasteiger partial charge in [-0.1, -0.05) is 22.9 Å². The summed E-state index contributed by atoms with van der Waals surface area (Å²) in [6.45, 7) is 1.57. The minimum atomic E-state index is -4.97. The highest BCUT2D eigenvalue weighted by molar-refractivity contribution is 6.30. The van der Waals surface area contributed by atoms with E-state index in [0.717, 1.165) is 10.7 Å². The molecule has 3 aromatic rings. The number of rotatable bonds is 6. The molecule has 3 aromatic heterocycles. The van der Waals surface area contributed by atoms with Crippen molar-refractivity contribution < 1.29 is 27.5 Å². The average molecular weight is 561 g/mol. The molecule has 3 aliphatic rings. The molecule has 0 aromatic carbocycles. The summed E-state index contributed by atoms with van der Waals surface area (Å²) in [5.74, 6) is -1.02. The lowest BCUT2D eigenvalue weighted by atomic mass is 9.40. The Labute approximate surface area is 224 Å². The van der Waals surface area contributed by atoms with Crippen LogP contribution in [0, 0.1) is 16.7 Å². The van der Waals surface area contributed by atoms with Crippen LogP contribution in [-0.4, -0.2) is 42.5 Å². The predicted molar refractivity (Wildman–Crippen MR) is 129 cm³/mol. The number of nitrogens with zero attached hydrogens (tertiary/aromatic N) is 6. The molecule has 2 bridgehead atoms. The lowest BCUT2D eigenvalue weighted by Gasteiger charge is -2.66. The Bertz CT molecular complexity index is 1510. The first-order chi connectivity index (χ1) is 18.4. The van der Waals surface area contributed by atoms with Gasteiger partial charge in [-0.05, 0) is 44.4 Å². The third-order valence-electron chi connectivity index (χ3n) is 6.85. The first kappa shape index (κ1) is 26.4. The summed E-state index contributed by atoms with van der Waals surface area (Å²) in [6, 6.07) is 7.60. The summed E-state index contributed by atoms with van der Waals surface area (Å²) >= 11 is 6.04. The lowest BCUT2D eigenvalue weighted by molar-refractivity contribution is -0.141. The van der Waals surface area contributed by atoms with Crippen molar-refractivity contribution in [2.24, 2.45) is 12.5 Å². The van der Waals surface area contributed by atoms with Gasteiger partial charge in [0.2, 0.25) is 0 Å². The van der Waals surface area contributed by atoms with E-state index in [9.17, 15) is 22.8 Å². The number of aryl methyl sites for hydroxylation is 1. The molecule has 11 nitrogen and oxygen atoms in total. The largest absolute Gasteiger partial charge is 0.441 e. The van der Waals surface area contributed by atoms with Crippen LogP contribution in [0.3, 0.4) is 0 Å². The van der Waals surface area contributed by atoms with Crippen molar-refractivity contribution in [3.8, 4) is 17.5 Å². The van der Waals surface area contributed by atoms with Crippen LogP contribution in [0.2, 0.25) is 5.15 Å². The molecule has 3 heterocycles. The lowest BCUT2D eigenvalue weighted by Crippen LogP contribution is -2.74. The van der Waals surface area contributed by atoms with Gasteiger partial charge in [-0.2, -0.15) is 18.4 Å². The molecular weight excluding hydrogens is 541 g/mol. The van der Waals surface area contributed by atoms with Gasteiger partial charge in [0.05, 0.1) is 22.7 Å².